The Kier molecular flexibility index (Phi) is 3.24. The number of aryl methyl sites for hydroxylation is 2. The second kappa shape index (κ2) is 5.24. The van der Waals surface area contributed by atoms with Crippen molar-refractivity contribution in [1.82, 2.24) is 10.3 Å². The first-order valence-electron chi connectivity index (χ1n) is 7.42. The van der Waals surface area contributed by atoms with E-state index < -0.39 is 0 Å². The molecule has 2 aromatic rings. The van der Waals surface area contributed by atoms with Gasteiger partial charge in [0.05, 0.1) is 5.69 Å². The molecule has 4 nitrogen and oxygen atoms in total. The number of benzene rings is 1. The van der Waals surface area contributed by atoms with Gasteiger partial charge in [0.1, 0.15) is 0 Å². The number of amides is 1. The number of anilines is 1. The molecule has 0 unspecified atom stereocenters. The SMILES string of the molecule is O=C(Nc1nc2c(s1)CCC2)c1ccc2c(c1)CNCC2. The third-order valence-electron chi connectivity index (χ3n) is 4.17. The number of nitrogens with one attached hydrogen (secondary N) is 2. The van der Waals surface area contributed by atoms with Crippen molar-refractivity contribution in [2.45, 2.75) is 32.2 Å². The first kappa shape index (κ1) is 13.0. The molecule has 1 aliphatic carbocycles. The third-order valence-corrected chi connectivity index (χ3v) is 5.24. The number of hydrogen-bond donors (Lipinski definition) is 2. The van der Waals surface area contributed by atoms with Crippen LogP contribution in [-0.4, -0.2) is 17.4 Å². The lowest BCUT2D eigenvalue weighted by Crippen LogP contribution is -2.24. The van der Waals surface area contributed by atoms with Crippen molar-refractivity contribution in [3.05, 3.63) is 45.5 Å². The fourth-order valence-corrected chi connectivity index (χ4v) is 4.08. The quantitative estimate of drug-likeness (QED) is 0.896. The summed E-state index contributed by atoms with van der Waals surface area (Å²) in [5.74, 6) is -0.0594. The van der Waals surface area contributed by atoms with Crippen LogP contribution in [0, 0.1) is 0 Å². The minimum absolute atomic E-state index is 0.0594. The summed E-state index contributed by atoms with van der Waals surface area (Å²) >= 11 is 1.62. The summed E-state index contributed by atoms with van der Waals surface area (Å²) in [7, 11) is 0. The Morgan fingerprint density at radius 2 is 2.19 bits per heavy atom. The fourth-order valence-electron chi connectivity index (χ4n) is 3.03. The highest BCUT2D eigenvalue weighted by atomic mass is 32.1. The van der Waals surface area contributed by atoms with Crippen LogP contribution in [-0.2, 0) is 25.8 Å². The van der Waals surface area contributed by atoms with E-state index in [1.54, 1.807) is 11.3 Å². The van der Waals surface area contributed by atoms with Crippen molar-refractivity contribution in [2.24, 2.45) is 0 Å². The summed E-state index contributed by atoms with van der Waals surface area (Å²) in [6.07, 6.45) is 4.39. The van der Waals surface area contributed by atoms with Gasteiger partial charge in [0.2, 0.25) is 0 Å². The van der Waals surface area contributed by atoms with Crippen molar-refractivity contribution >= 4 is 22.4 Å². The Morgan fingerprint density at radius 3 is 3.10 bits per heavy atom. The molecule has 0 saturated carbocycles. The van der Waals surface area contributed by atoms with E-state index in [0.717, 1.165) is 37.5 Å². The van der Waals surface area contributed by atoms with Gasteiger partial charge in [0.15, 0.2) is 5.13 Å². The second-order valence-electron chi connectivity index (χ2n) is 5.61. The summed E-state index contributed by atoms with van der Waals surface area (Å²) in [6.45, 7) is 1.87. The zero-order chi connectivity index (χ0) is 14.2. The van der Waals surface area contributed by atoms with Gasteiger partial charge in [-0.25, -0.2) is 4.98 Å². The van der Waals surface area contributed by atoms with Crippen LogP contribution in [0.2, 0.25) is 0 Å². The molecule has 1 aromatic heterocycles. The lowest BCUT2D eigenvalue weighted by atomic mass is 9.98. The Balaban J connectivity index is 1.54. The molecule has 0 saturated heterocycles. The molecule has 0 fully saturated rings. The third kappa shape index (κ3) is 2.47. The predicted molar refractivity (Wildman–Crippen MR) is 83.9 cm³/mol. The highest BCUT2D eigenvalue weighted by Gasteiger charge is 2.18. The van der Waals surface area contributed by atoms with E-state index in [9.17, 15) is 4.79 Å². The van der Waals surface area contributed by atoms with Crippen LogP contribution in [0.4, 0.5) is 5.13 Å². The summed E-state index contributed by atoms with van der Waals surface area (Å²) in [6, 6.07) is 5.99. The van der Waals surface area contributed by atoms with E-state index in [0.29, 0.717) is 5.56 Å². The molecule has 1 amide bonds. The number of rotatable bonds is 2. The van der Waals surface area contributed by atoms with Gasteiger partial charge in [0, 0.05) is 17.0 Å². The average molecular weight is 299 g/mol. The second-order valence-corrected chi connectivity index (χ2v) is 6.69. The molecule has 0 atom stereocenters. The highest BCUT2D eigenvalue weighted by Crippen LogP contribution is 2.30. The van der Waals surface area contributed by atoms with E-state index >= 15 is 0 Å². The number of aromatic nitrogens is 1. The summed E-state index contributed by atoms with van der Waals surface area (Å²) in [4.78, 5) is 18.2. The van der Waals surface area contributed by atoms with Crippen LogP contribution in [0.3, 0.4) is 0 Å². The first-order chi connectivity index (χ1) is 10.3. The lowest BCUT2D eigenvalue weighted by molar-refractivity contribution is 0.102. The molecule has 2 aliphatic rings. The molecule has 2 N–H and O–H groups in total. The predicted octanol–water partition coefficient (Wildman–Crippen LogP) is 2.53. The molecular weight excluding hydrogens is 282 g/mol. The minimum Gasteiger partial charge on any atom is -0.312 e. The number of hydrogen-bond acceptors (Lipinski definition) is 4. The largest absolute Gasteiger partial charge is 0.312 e. The van der Waals surface area contributed by atoms with Gasteiger partial charge >= 0.3 is 0 Å². The molecule has 1 aliphatic heterocycles. The Bertz CT molecular complexity index is 686. The standard InChI is InChI=1S/C16H17N3OS/c20-15(19-16-18-13-2-1-3-14(13)21-16)11-5-4-10-6-7-17-9-12(10)8-11/h4-5,8,17H,1-3,6-7,9H2,(H,18,19,20). The van der Waals surface area contributed by atoms with Crippen LogP contribution >= 0.6 is 11.3 Å². The number of carbonyl (C=O) groups excluding carboxylic acids is 1. The van der Waals surface area contributed by atoms with Crippen molar-refractivity contribution in [3.8, 4) is 0 Å². The van der Waals surface area contributed by atoms with Crippen molar-refractivity contribution in [1.29, 1.82) is 0 Å². The lowest BCUT2D eigenvalue weighted by Gasteiger charge is -2.17. The Morgan fingerprint density at radius 1 is 1.24 bits per heavy atom. The van der Waals surface area contributed by atoms with Crippen molar-refractivity contribution in [2.75, 3.05) is 11.9 Å². The molecule has 5 heteroatoms. The maximum atomic E-state index is 12.4. The van der Waals surface area contributed by atoms with Crippen LogP contribution in [0.15, 0.2) is 18.2 Å². The first-order valence-corrected chi connectivity index (χ1v) is 8.24. The maximum absolute atomic E-state index is 12.4. The maximum Gasteiger partial charge on any atom is 0.257 e. The van der Waals surface area contributed by atoms with Gasteiger partial charge in [-0.3, -0.25) is 10.1 Å². The van der Waals surface area contributed by atoms with Gasteiger partial charge in [0.25, 0.3) is 5.91 Å². The number of carbonyl (C=O) groups is 1. The van der Waals surface area contributed by atoms with Crippen LogP contribution < -0.4 is 10.6 Å². The molecule has 0 radical (unpaired) electrons. The molecule has 0 spiro atoms. The van der Waals surface area contributed by atoms with Gasteiger partial charge in [-0.15, -0.1) is 11.3 Å². The van der Waals surface area contributed by atoms with E-state index in [2.05, 4.69) is 21.7 Å². The molecule has 0 bridgehead atoms. The molecule has 4 rings (SSSR count). The number of fused-ring (bicyclic) bond motifs is 2. The summed E-state index contributed by atoms with van der Waals surface area (Å²) < 4.78 is 0. The molecule has 1 aromatic carbocycles. The fraction of sp³-hybridized carbons (Fsp3) is 0.375. The molecule has 21 heavy (non-hydrogen) atoms. The molecule has 108 valence electrons. The number of nitrogens with zero attached hydrogens (tertiary/aromatic N) is 1. The normalized spacial score (nSPS) is 16.4. The van der Waals surface area contributed by atoms with Crippen molar-refractivity contribution in [3.63, 3.8) is 0 Å². The summed E-state index contributed by atoms with van der Waals surface area (Å²) in [5.41, 5.74) is 4.46. The smallest absolute Gasteiger partial charge is 0.257 e. The van der Waals surface area contributed by atoms with Crippen LogP contribution in [0.1, 0.15) is 38.5 Å². The van der Waals surface area contributed by atoms with Gasteiger partial charge in [-0.05, 0) is 55.5 Å². The summed E-state index contributed by atoms with van der Waals surface area (Å²) in [5, 5.41) is 7.02. The Hall–Kier alpha value is -1.72. The van der Waals surface area contributed by atoms with E-state index in [4.69, 9.17) is 0 Å². The monoisotopic (exact) mass is 299 g/mol. The molecular formula is C16H17N3OS. The highest BCUT2D eigenvalue weighted by molar-refractivity contribution is 7.15. The Labute approximate surface area is 127 Å². The topological polar surface area (TPSA) is 54.0 Å². The zero-order valence-corrected chi connectivity index (χ0v) is 12.6. The van der Waals surface area contributed by atoms with Gasteiger partial charge in [-0.2, -0.15) is 0 Å². The van der Waals surface area contributed by atoms with Crippen LogP contribution in [0.25, 0.3) is 0 Å². The van der Waals surface area contributed by atoms with Gasteiger partial charge in [-0.1, -0.05) is 6.07 Å². The van der Waals surface area contributed by atoms with Gasteiger partial charge < -0.3 is 5.32 Å². The minimum atomic E-state index is -0.0594. The number of thiazole rings is 1. The van der Waals surface area contributed by atoms with E-state index in [-0.39, 0.29) is 5.91 Å². The van der Waals surface area contributed by atoms with Crippen molar-refractivity contribution < 1.29 is 4.79 Å². The van der Waals surface area contributed by atoms with Crippen LogP contribution in [0.5, 0.6) is 0 Å². The zero-order valence-electron chi connectivity index (χ0n) is 11.7. The van der Waals surface area contributed by atoms with E-state index in [1.807, 2.05) is 12.1 Å². The molecule has 2 heterocycles. The average Bonchev–Trinajstić information content (AvgIpc) is 3.08. The van der Waals surface area contributed by atoms with E-state index in [1.165, 1.54) is 28.1 Å².